The van der Waals surface area contributed by atoms with Crippen LogP contribution in [0.2, 0.25) is 0 Å². The first-order valence-electron chi connectivity index (χ1n) is 3.21. The molecule has 0 saturated carbocycles. The second-order valence-electron chi connectivity index (χ2n) is 2.08. The number of aliphatic hydroxyl groups excluding tert-OH is 3. The van der Waals surface area contributed by atoms with E-state index in [1.54, 1.807) is 0 Å². The number of imidazole rings is 1. The molecule has 0 bridgehead atoms. The Morgan fingerprint density at radius 1 is 1.09 bits per heavy atom. The van der Waals surface area contributed by atoms with Crippen LogP contribution in [0.15, 0.2) is 0 Å². The van der Waals surface area contributed by atoms with Crippen LogP contribution >= 0.6 is 0 Å². The van der Waals surface area contributed by atoms with Gasteiger partial charge in [0.05, 0.1) is 24.6 Å². The Balaban J connectivity index is 2.92. The average Bonchev–Trinajstić information content (AvgIpc) is 2.46. The molecule has 1 heterocycles. The van der Waals surface area contributed by atoms with E-state index in [0.717, 1.165) is 0 Å². The number of hydrogen-bond acceptors (Lipinski definition) is 4. The van der Waals surface area contributed by atoms with Crippen molar-refractivity contribution in [1.29, 1.82) is 0 Å². The van der Waals surface area contributed by atoms with Crippen molar-refractivity contribution in [2.75, 3.05) is 0 Å². The van der Waals surface area contributed by atoms with E-state index < -0.39 is 0 Å². The number of aliphatic hydroxyl groups is 3. The van der Waals surface area contributed by atoms with Gasteiger partial charge in [-0.15, -0.1) is 0 Å². The van der Waals surface area contributed by atoms with Crippen LogP contribution in [0.4, 0.5) is 0 Å². The lowest BCUT2D eigenvalue weighted by atomic mass is 10.3. The van der Waals surface area contributed by atoms with E-state index in [0.29, 0.717) is 17.2 Å². The van der Waals surface area contributed by atoms with Gasteiger partial charge in [-0.05, 0) is 0 Å². The van der Waals surface area contributed by atoms with Crippen molar-refractivity contribution >= 4 is 0 Å². The first kappa shape index (κ1) is 8.19. The van der Waals surface area contributed by atoms with Gasteiger partial charge in [0.25, 0.3) is 0 Å². The van der Waals surface area contributed by atoms with Crippen molar-refractivity contribution in [2.24, 2.45) is 0 Å². The lowest BCUT2D eigenvalue weighted by Crippen LogP contribution is -1.91. The minimum absolute atomic E-state index is 0.205. The van der Waals surface area contributed by atoms with Gasteiger partial charge in [0, 0.05) is 0 Å². The van der Waals surface area contributed by atoms with E-state index in [2.05, 4.69) is 9.97 Å². The van der Waals surface area contributed by atoms with Crippen molar-refractivity contribution in [3.8, 4) is 0 Å². The van der Waals surface area contributed by atoms with E-state index >= 15 is 0 Å². The minimum Gasteiger partial charge on any atom is -0.390 e. The molecule has 0 saturated heterocycles. The number of nitrogens with zero attached hydrogens (tertiary/aromatic N) is 1. The topological polar surface area (TPSA) is 89.4 Å². The Bertz CT molecular complexity index is 212. The summed E-state index contributed by atoms with van der Waals surface area (Å²) >= 11 is 0. The maximum absolute atomic E-state index is 8.69. The fourth-order valence-electron chi connectivity index (χ4n) is 0.841. The van der Waals surface area contributed by atoms with Crippen LogP contribution < -0.4 is 0 Å². The molecule has 0 aliphatic carbocycles. The molecule has 0 aliphatic heterocycles. The third-order valence-corrected chi connectivity index (χ3v) is 1.37. The lowest BCUT2D eigenvalue weighted by Gasteiger charge is -1.90. The standard InChI is InChI=1S/C6H10N2O3/c9-1-4-5(2-10)8-6(3-11)7-4/h9-11H,1-3H2,(H,7,8). The fourth-order valence-corrected chi connectivity index (χ4v) is 0.841. The molecule has 0 aliphatic rings. The predicted molar refractivity (Wildman–Crippen MR) is 36.4 cm³/mol. The highest BCUT2D eigenvalue weighted by molar-refractivity contribution is 5.12. The Kier molecular flexibility index (Phi) is 2.58. The van der Waals surface area contributed by atoms with Crippen LogP contribution in [0.5, 0.6) is 0 Å². The second-order valence-corrected chi connectivity index (χ2v) is 2.08. The molecular weight excluding hydrogens is 148 g/mol. The first-order chi connectivity index (χ1) is 5.31. The van der Waals surface area contributed by atoms with E-state index in [4.69, 9.17) is 15.3 Å². The third-order valence-electron chi connectivity index (χ3n) is 1.37. The molecule has 0 radical (unpaired) electrons. The van der Waals surface area contributed by atoms with Gasteiger partial charge in [-0.25, -0.2) is 4.98 Å². The third kappa shape index (κ3) is 1.56. The molecule has 0 atom stereocenters. The molecule has 0 unspecified atom stereocenters. The summed E-state index contributed by atoms with van der Waals surface area (Å²) in [5, 5.41) is 26.0. The monoisotopic (exact) mass is 158 g/mol. The summed E-state index contributed by atoms with van der Waals surface area (Å²) in [5.74, 6) is 0.359. The number of aromatic nitrogens is 2. The smallest absolute Gasteiger partial charge is 0.132 e. The van der Waals surface area contributed by atoms with Crippen molar-refractivity contribution in [3.05, 3.63) is 17.2 Å². The lowest BCUT2D eigenvalue weighted by molar-refractivity contribution is 0.255. The molecular formula is C6H10N2O3. The molecule has 0 fully saturated rings. The Labute approximate surface area is 63.3 Å². The van der Waals surface area contributed by atoms with Crippen LogP contribution in [0, 0.1) is 0 Å². The van der Waals surface area contributed by atoms with Gasteiger partial charge in [0.15, 0.2) is 0 Å². The van der Waals surface area contributed by atoms with Crippen molar-refractivity contribution in [3.63, 3.8) is 0 Å². The van der Waals surface area contributed by atoms with Crippen molar-refractivity contribution in [1.82, 2.24) is 9.97 Å². The number of aromatic amines is 1. The molecule has 0 aromatic carbocycles. The Hall–Kier alpha value is -0.910. The number of hydrogen-bond donors (Lipinski definition) is 4. The zero-order valence-corrected chi connectivity index (χ0v) is 5.91. The molecule has 1 aromatic rings. The van der Waals surface area contributed by atoms with Gasteiger partial charge in [-0.2, -0.15) is 0 Å². The van der Waals surface area contributed by atoms with E-state index in [-0.39, 0.29) is 19.8 Å². The van der Waals surface area contributed by atoms with Crippen LogP contribution in [0.3, 0.4) is 0 Å². The Morgan fingerprint density at radius 3 is 2.18 bits per heavy atom. The minimum atomic E-state index is -0.230. The van der Waals surface area contributed by atoms with Gasteiger partial charge >= 0.3 is 0 Å². The molecule has 5 heteroatoms. The maximum Gasteiger partial charge on any atom is 0.132 e. The van der Waals surface area contributed by atoms with E-state index in [1.807, 2.05) is 0 Å². The predicted octanol–water partition coefficient (Wildman–Crippen LogP) is -1.11. The quantitative estimate of drug-likeness (QED) is 0.449. The molecule has 4 N–H and O–H groups in total. The van der Waals surface area contributed by atoms with Crippen LogP contribution in [0.1, 0.15) is 17.2 Å². The molecule has 0 spiro atoms. The van der Waals surface area contributed by atoms with Crippen LogP contribution in [-0.4, -0.2) is 25.3 Å². The highest BCUT2D eigenvalue weighted by Gasteiger charge is 2.06. The van der Waals surface area contributed by atoms with Crippen molar-refractivity contribution in [2.45, 2.75) is 19.8 Å². The summed E-state index contributed by atoms with van der Waals surface area (Å²) in [4.78, 5) is 6.46. The normalized spacial score (nSPS) is 10.5. The number of H-pyrrole nitrogens is 1. The zero-order chi connectivity index (χ0) is 8.27. The molecule has 62 valence electrons. The van der Waals surface area contributed by atoms with Crippen LogP contribution in [-0.2, 0) is 19.8 Å². The summed E-state index contributed by atoms with van der Waals surface area (Å²) in [5.41, 5.74) is 0.841. The highest BCUT2D eigenvalue weighted by Crippen LogP contribution is 2.05. The molecule has 1 rings (SSSR count). The molecule has 5 nitrogen and oxygen atoms in total. The summed E-state index contributed by atoms with van der Waals surface area (Å²) in [6, 6.07) is 0. The summed E-state index contributed by atoms with van der Waals surface area (Å²) in [7, 11) is 0. The summed E-state index contributed by atoms with van der Waals surface area (Å²) < 4.78 is 0. The summed E-state index contributed by atoms with van der Waals surface area (Å²) in [6.07, 6.45) is 0. The number of nitrogens with one attached hydrogen (secondary N) is 1. The number of rotatable bonds is 3. The zero-order valence-electron chi connectivity index (χ0n) is 5.91. The summed E-state index contributed by atoms with van der Waals surface area (Å²) in [6.45, 7) is -0.651. The van der Waals surface area contributed by atoms with Crippen molar-refractivity contribution < 1.29 is 15.3 Å². The fraction of sp³-hybridized carbons (Fsp3) is 0.500. The van der Waals surface area contributed by atoms with Gasteiger partial charge < -0.3 is 20.3 Å². The first-order valence-corrected chi connectivity index (χ1v) is 3.21. The highest BCUT2D eigenvalue weighted by atomic mass is 16.3. The Morgan fingerprint density at radius 2 is 1.82 bits per heavy atom. The average molecular weight is 158 g/mol. The molecule has 1 aromatic heterocycles. The largest absolute Gasteiger partial charge is 0.390 e. The van der Waals surface area contributed by atoms with Gasteiger partial charge in [0.2, 0.25) is 0 Å². The molecule has 0 amide bonds. The SMILES string of the molecule is OCc1nc(CO)c(CO)[nH]1. The molecule has 11 heavy (non-hydrogen) atoms. The van der Waals surface area contributed by atoms with E-state index in [9.17, 15) is 0 Å². The maximum atomic E-state index is 8.69. The van der Waals surface area contributed by atoms with Gasteiger partial charge in [-0.1, -0.05) is 0 Å². The van der Waals surface area contributed by atoms with E-state index in [1.165, 1.54) is 0 Å². The second kappa shape index (κ2) is 3.47. The van der Waals surface area contributed by atoms with Gasteiger partial charge in [0.1, 0.15) is 12.4 Å². The van der Waals surface area contributed by atoms with Crippen LogP contribution in [0.25, 0.3) is 0 Å². The van der Waals surface area contributed by atoms with Gasteiger partial charge in [-0.3, -0.25) is 0 Å².